The zero-order chi connectivity index (χ0) is 23.7. The number of aliphatic hydroxyl groups is 2. The molecule has 2 N–H and O–H groups in total. The van der Waals surface area contributed by atoms with E-state index in [9.17, 15) is 15.0 Å². The fourth-order valence-corrected chi connectivity index (χ4v) is 3.65. The Bertz CT molecular complexity index is 493. The van der Waals surface area contributed by atoms with Gasteiger partial charge in [0.2, 0.25) is 0 Å². The molecule has 0 heterocycles. The van der Waals surface area contributed by atoms with Gasteiger partial charge < -0.3 is 15.0 Å². The highest BCUT2D eigenvalue weighted by Gasteiger charge is 2.02. The molecule has 3 heteroatoms. The number of carbonyl (C=O) groups is 1. The highest BCUT2D eigenvalue weighted by Crippen LogP contribution is 2.12. The average Bonchev–Trinajstić information content (AvgIpc) is 2.76. The summed E-state index contributed by atoms with van der Waals surface area (Å²) in [5, 5.41) is 20.0. The van der Waals surface area contributed by atoms with E-state index in [1.807, 2.05) is 12.2 Å². The summed E-state index contributed by atoms with van der Waals surface area (Å²) in [4.78, 5) is 10.9. The normalized spacial score (nSPS) is 14.1. The number of hydrogen-bond donors (Lipinski definition) is 2. The number of rotatable bonds is 23. The van der Waals surface area contributed by atoms with Gasteiger partial charge in [-0.3, -0.25) is 0 Å². The maximum Gasteiger partial charge on any atom is 0.130 e. The summed E-state index contributed by atoms with van der Waals surface area (Å²) in [7, 11) is 0. The summed E-state index contributed by atoms with van der Waals surface area (Å²) >= 11 is 0. The Morgan fingerprint density at radius 2 is 1.12 bits per heavy atom. The highest BCUT2D eigenvalue weighted by atomic mass is 16.3. The molecule has 2 atom stereocenters. The van der Waals surface area contributed by atoms with Crippen LogP contribution in [0.5, 0.6) is 0 Å². The van der Waals surface area contributed by atoms with Crippen molar-refractivity contribution in [1.29, 1.82) is 0 Å². The Balaban J connectivity index is 3.45. The van der Waals surface area contributed by atoms with Gasteiger partial charge in [-0.1, -0.05) is 88.3 Å². The predicted molar refractivity (Wildman–Crippen MR) is 139 cm³/mol. The molecule has 0 aliphatic carbocycles. The molecule has 0 aliphatic rings. The molecule has 0 aromatic heterocycles. The van der Waals surface area contributed by atoms with E-state index < -0.39 is 0 Å². The fourth-order valence-electron chi connectivity index (χ4n) is 3.65. The van der Waals surface area contributed by atoms with E-state index in [4.69, 9.17) is 0 Å². The third kappa shape index (κ3) is 25.1. The zero-order valence-electron chi connectivity index (χ0n) is 21.1. The van der Waals surface area contributed by atoms with Crippen LogP contribution in [0.3, 0.4) is 0 Å². The Labute approximate surface area is 199 Å². The summed E-state index contributed by atoms with van der Waals surface area (Å²) in [6, 6.07) is 0. The molecule has 0 amide bonds. The first-order valence-electron chi connectivity index (χ1n) is 13.4. The standard InChI is InChI=1S/C29H52O3/c1-3-4-5-6-7-8-9-10-11-12-13-14-18-23-28(31)25-20-16-21-26-29(32)24-19-15-17-22-27(2)30/h7-8,15-16,19-20,28-29,31-32H,3-6,9-14,17-18,21-26H2,1-2H3/b8-7-,19-15-,20-16-. The van der Waals surface area contributed by atoms with Gasteiger partial charge in [-0.25, -0.2) is 0 Å². The minimum Gasteiger partial charge on any atom is -0.393 e. The highest BCUT2D eigenvalue weighted by molar-refractivity contribution is 5.75. The molecule has 0 saturated heterocycles. The Hall–Kier alpha value is -1.19. The second kappa shape index (κ2) is 24.5. The van der Waals surface area contributed by atoms with E-state index in [2.05, 4.69) is 31.2 Å². The van der Waals surface area contributed by atoms with Gasteiger partial charge in [-0.05, 0) is 71.1 Å². The number of unbranched alkanes of at least 4 members (excludes halogenated alkanes) is 9. The lowest BCUT2D eigenvalue weighted by atomic mass is 10.0. The van der Waals surface area contributed by atoms with Crippen molar-refractivity contribution in [1.82, 2.24) is 0 Å². The van der Waals surface area contributed by atoms with Gasteiger partial charge >= 0.3 is 0 Å². The molecule has 0 bridgehead atoms. The molecular weight excluding hydrogens is 396 g/mol. The lowest BCUT2D eigenvalue weighted by Crippen LogP contribution is -2.05. The van der Waals surface area contributed by atoms with Gasteiger partial charge in [0.05, 0.1) is 12.2 Å². The van der Waals surface area contributed by atoms with E-state index in [1.165, 1.54) is 64.2 Å². The number of ketones is 1. The Morgan fingerprint density at radius 3 is 1.75 bits per heavy atom. The first-order chi connectivity index (χ1) is 15.6. The third-order valence-electron chi connectivity index (χ3n) is 5.78. The molecule has 0 aromatic rings. The van der Waals surface area contributed by atoms with Gasteiger partial charge in [-0.2, -0.15) is 0 Å². The average molecular weight is 449 g/mol. The monoisotopic (exact) mass is 448 g/mol. The molecule has 0 fully saturated rings. The van der Waals surface area contributed by atoms with Crippen molar-refractivity contribution in [3.63, 3.8) is 0 Å². The third-order valence-corrected chi connectivity index (χ3v) is 5.78. The van der Waals surface area contributed by atoms with Crippen LogP contribution >= 0.6 is 0 Å². The maximum absolute atomic E-state index is 10.9. The van der Waals surface area contributed by atoms with Gasteiger partial charge in [0.25, 0.3) is 0 Å². The van der Waals surface area contributed by atoms with Crippen LogP contribution in [0.25, 0.3) is 0 Å². The van der Waals surface area contributed by atoms with Gasteiger partial charge in [0.15, 0.2) is 0 Å². The summed E-state index contributed by atoms with van der Waals surface area (Å²) in [6.45, 7) is 3.85. The quantitative estimate of drug-likeness (QED) is 0.123. The summed E-state index contributed by atoms with van der Waals surface area (Å²) < 4.78 is 0. The molecule has 3 nitrogen and oxygen atoms in total. The Kier molecular flexibility index (Phi) is 23.5. The van der Waals surface area contributed by atoms with Crippen LogP contribution in [0.1, 0.15) is 129 Å². The van der Waals surface area contributed by atoms with Crippen LogP contribution < -0.4 is 0 Å². The molecule has 0 radical (unpaired) electrons. The molecule has 0 aromatic carbocycles. The molecule has 0 rings (SSSR count). The number of hydrogen-bond acceptors (Lipinski definition) is 3. The minimum atomic E-state index is -0.333. The first kappa shape index (κ1) is 30.8. The van der Waals surface area contributed by atoms with Crippen LogP contribution in [-0.2, 0) is 4.79 Å². The largest absolute Gasteiger partial charge is 0.393 e. The zero-order valence-corrected chi connectivity index (χ0v) is 21.1. The first-order valence-corrected chi connectivity index (χ1v) is 13.4. The van der Waals surface area contributed by atoms with E-state index >= 15 is 0 Å². The van der Waals surface area contributed by atoms with Crippen molar-refractivity contribution >= 4 is 5.78 Å². The molecular formula is C29H52O3. The number of carbonyl (C=O) groups excluding carboxylic acids is 1. The summed E-state index contributed by atoms with van der Waals surface area (Å²) in [5.41, 5.74) is 0. The van der Waals surface area contributed by atoms with Crippen molar-refractivity contribution in [2.24, 2.45) is 0 Å². The molecule has 186 valence electrons. The maximum atomic E-state index is 10.9. The molecule has 2 unspecified atom stereocenters. The molecule has 32 heavy (non-hydrogen) atoms. The van der Waals surface area contributed by atoms with E-state index in [1.54, 1.807) is 6.92 Å². The van der Waals surface area contributed by atoms with Gasteiger partial charge in [0, 0.05) is 6.42 Å². The van der Waals surface area contributed by atoms with Crippen molar-refractivity contribution in [3.8, 4) is 0 Å². The summed E-state index contributed by atoms with van der Waals surface area (Å²) in [5.74, 6) is 0.203. The minimum absolute atomic E-state index is 0.203. The lowest BCUT2D eigenvalue weighted by Gasteiger charge is -2.08. The number of allylic oxidation sites excluding steroid dienone is 4. The SMILES string of the molecule is CCCCC/C=C\CCCCCCCCC(O)C/C=C\CCC(O)C/C=C\CCC(C)=O. The molecule has 0 saturated carbocycles. The van der Waals surface area contributed by atoms with Crippen molar-refractivity contribution < 1.29 is 15.0 Å². The predicted octanol–water partition coefficient (Wildman–Crippen LogP) is 8.01. The van der Waals surface area contributed by atoms with Crippen LogP contribution in [0.15, 0.2) is 36.5 Å². The number of aliphatic hydroxyl groups excluding tert-OH is 2. The van der Waals surface area contributed by atoms with Crippen LogP contribution in [0, 0.1) is 0 Å². The van der Waals surface area contributed by atoms with Crippen LogP contribution in [0.2, 0.25) is 0 Å². The van der Waals surface area contributed by atoms with Crippen molar-refractivity contribution in [3.05, 3.63) is 36.5 Å². The van der Waals surface area contributed by atoms with Crippen LogP contribution in [-0.4, -0.2) is 28.2 Å². The summed E-state index contributed by atoms with van der Waals surface area (Å²) in [6.07, 6.45) is 31.4. The van der Waals surface area contributed by atoms with Crippen molar-refractivity contribution in [2.75, 3.05) is 0 Å². The van der Waals surface area contributed by atoms with Gasteiger partial charge in [0.1, 0.15) is 5.78 Å². The Morgan fingerprint density at radius 1 is 0.625 bits per heavy atom. The van der Waals surface area contributed by atoms with E-state index in [-0.39, 0.29) is 18.0 Å². The second-order valence-electron chi connectivity index (χ2n) is 9.21. The molecule has 0 spiro atoms. The smallest absolute Gasteiger partial charge is 0.130 e. The van der Waals surface area contributed by atoms with E-state index in [0.717, 1.165) is 32.1 Å². The van der Waals surface area contributed by atoms with Crippen molar-refractivity contribution in [2.45, 2.75) is 142 Å². The van der Waals surface area contributed by atoms with E-state index in [0.29, 0.717) is 19.3 Å². The molecule has 0 aliphatic heterocycles. The second-order valence-corrected chi connectivity index (χ2v) is 9.21. The topological polar surface area (TPSA) is 57.5 Å². The lowest BCUT2D eigenvalue weighted by molar-refractivity contribution is -0.116. The van der Waals surface area contributed by atoms with Crippen LogP contribution in [0.4, 0.5) is 0 Å². The number of Topliss-reactive ketones (excluding diaryl/α,β-unsaturated/α-hetero) is 1. The van der Waals surface area contributed by atoms with Gasteiger partial charge in [-0.15, -0.1) is 0 Å². The fraction of sp³-hybridized carbons (Fsp3) is 0.759.